The lowest BCUT2D eigenvalue weighted by Gasteiger charge is -2.11. The zero-order valence-corrected chi connectivity index (χ0v) is 18.0. The average Bonchev–Trinajstić information content (AvgIpc) is 2.75. The summed E-state index contributed by atoms with van der Waals surface area (Å²) in [6.07, 6.45) is 1.52. The number of aryl methyl sites for hydroxylation is 1. The van der Waals surface area contributed by atoms with Crippen molar-refractivity contribution in [2.75, 3.05) is 7.11 Å². The zero-order chi connectivity index (χ0) is 21.5. The molecule has 3 aromatic carbocycles. The number of carbonyl (C=O) groups excluding carboxylic acids is 1. The highest BCUT2D eigenvalue weighted by Crippen LogP contribution is 2.28. The maximum atomic E-state index is 12.1. The number of nitrogens with zero attached hydrogens (tertiary/aromatic N) is 1. The Morgan fingerprint density at radius 1 is 1.00 bits per heavy atom. The third-order valence-corrected chi connectivity index (χ3v) is 5.00. The molecular formula is C23H20Cl2N2O3. The van der Waals surface area contributed by atoms with Crippen molar-refractivity contribution in [1.82, 2.24) is 5.43 Å². The summed E-state index contributed by atoms with van der Waals surface area (Å²) in [5, 5.41) is 4.67. The van der Waals surface area contributed by atoms with E-state index in [0.29, 0.717) is 33.7 Å². The fourth-order valence-electron chi connectivity index (χ4n) is 2.60. The summed E-state index contributed by atoms with van der Waals surface area (Å²) in [7, 11) is 1.57. The molecule has 0 bridgehead atoms. The fourth-order valence-corrected chi connectivity index (χ4v) is 2.89. The van der Waals surface area contributed by atoms with E-state index in [1.807, 2.05) is 37.3 Å². The van der Waals surface area contributed by atoms with Crippen LogP contribution in [0, 0.1) is 6.92 Å². The van der Waals surface area contributed by atoms with E-state index in [1.54, 1.807) is 31.4 Å². The van der Waals surface area contributed by atoms with Crippen LogP contribution in [0.1, 0.15) is 27.0 Å². The van der Waals surface area contributed by atoms with Crippen molar-refractivity contribution in [3.63, 3.8) is 0 Å². The lowest BCUT2D eigenvalue weighted by atomic mass is 10.2. The predicted molar refractivity (Wildman–Crippen MR) is 120 cm³/mol. The molecule has 0 atom stereocenters. The molecule has 3 aromatic rings. The summed E-state index contributed by atoms with van der Waals surface area (Å²) in [5.41, 5.74) is 5.82. The Kier molecular flexibility index (Phi) is 7.33. The molecule has 1 N–H and O–H groups in total. The highest BCUT2D eigenvalue weighted by atomic mass is 35.5. The molecule has 0 aromatic heterocycles. The van der Waals surface area contributed by atoms with E-state index in [-0.39, 0.29) is 0 Å². The Hall–Kier alpha value is -3.02. The van der Waals surface area contributed by atoms with Gasteiger partial charge in [-0.25, -0.2) is 5.43 Å². The van der Waals surface area contributed by atoms with Gasteiger partial charge in [0.25, 0.3) is 5.91 Å². The van der Waals surface area contributed by atoms with Crippen LogP contribution >= 0.6 is 23.2 Å². The predicted octanol–water partition coefficient (Wildman–Crippen LogP) is 5.65. The van der Waals surface area contributed by atoms with Gasteiger partial charge in [-0.2, -0.15) is 5.10 Å². The molecule has 0 radical (unpaired) electrons. The van der Waals surface area contributed by atoms with Crippen LogP contribution in [0.5, 0.6) is 11.5 Å². The van der Waals surface area contributed by atoms with Gasteiger partial charge in [0.15, 0.2) is 11.5 Å². The second-order valence-electron chi connectivity index (χ2n) is 6.51. The second-order valence-corrected chi connectivity index (χ2v) is 7.33. The SMILES string of the molecule is COc1cc(/C=N\NC(=O)c2ccc(Cl)c(Cl)c2)ccc1OCc1ccc(C)cc1. The lowest BCUT2D eigenvalue weighted by molar-refractivity contribution is 0.0955. The Balaban J connectivity index is 1.62. The van der Waals surface area contributed by atoms with E-state index in [4.69, 9.17) is 32.7 Å². The first kappa shape index (κ1) is 21.7. The smallest absolute Gasteiger partial charge is 0.271 e. The van der Waals surface area contributed by atoms with Crippen LogP contribution in [-0.4, -0.2) is 19.2 Å². The van der Waals surface area contributed by atoms with Gasteiger partial charge in [-0.05, 0) is 54.4 Å². The number of ether oxygens (including phenoxy) is 2. The Labute approximate surface area is 185 Å². The van der Waals surface area contributed by atoms with Crippen molar-refractivity contribution in [3.05, 3.63) is 93.0 Å². The van der Waals surface area contributed by atoms with Gasteiger partial charge in [0.2, 0.25) is 0 Å². The minimum Gasteiger partial charge on any atom is -0.493 e. The number of carbonyl (C=O) groups is 1. The summed E-state index contributed by atoms with van der Waals surface area (Å²) >= 11 is 11.8. The van der Waals surface area contributed by atoms with Gasteiger partial charge < -0.3 is 9.47 Å². The van der Waals surface area contributed by atoms with Crippen LogP contribution < -0.4 is 14.9 Å². The first-order chi connectivity index (χ1) is 14.5. The number of hydrogen-bond donors (Lipinski definition) is 1. The normalized spacial score (nSPS) is 10.8. The van der Waals surface area contributed by atoms with Crippen molar-refractivity contribution in [2.24, 2.45) is 5.10 Å². The van der Waals surface area contributed by atoms with E-state index in [9.17, 15) is 4.79 Å². The molecule has 0 unspecified atom stereocenters. The molecule has 0 heterocycles. The number of methoxy groups -OCH3 is 1. The van der Waals surface area contributed by atoms with Gasteiger partial charge in [0.1, 0.15) is 6.61 Å². The summed E-state index contributed by atoms with van der Waals surface area (Å²) in [6.45, 7) is 2.48. The summed E-state index contributed by atoms with van der Waals surface area (Å²) in [5.74, 6) is 0.798. The molecule has 0 spiro atoms. The zero-order valence-electron chi connectivity index (χ0n) is 16.5. The van der Waals surface area contributed by atoms with Gasteiger partial charge in [0.05, 0.1) is 23.4 Å². The summed E-state index contributed by atoms with van der Waals surface area (Å²) in [6, 6.07) is 18.2. The first-order valence-corrected chi connectivity index (χ1v) is 9.86. The number of halogens is 2. The number of benzene rings is 3. The van der Waals surface area contributed by atoms with Crippen molar-refractivity contribution >= 4 is 35.3 Å². The average molecular weight is 443 g/mol. The van der Waals surface area contributed by atoms with Crippen LogP contribution in [0.3, 0.4) is 0 Å². The monoisotopic (exact) mass is 442 g/mol. The molecule has 0 aliphatic rings. The number of hydrogen-bond acceptors (Lipinski definition) is 4. The van der Waals surface area contributed by atoms with Crippen molar-refractivity contribution in [2.45, 2.75) is 13.5 Å². The molecule has 0 aliphatic heterocycles. The highest BCUT2D eigenvalue weighted by Gasteiger charge is 2.08. The minimum absolute atomic E-state index is 0.305. The summed E-state index contributed by atoms with van der Waals surface area (Å²) < 4.78 is 11.3. The maximum Gasteiger partial charge on any atom is 0.271 e. The first-order valence-electron chi connectivity index (χ1n) is 9.11. The minimum atomic E-state index is -0.394. The molecule has 1 amide bonds. The molecule has 0 saturated carbocycles. The third-order valence-electron chi connectivity index (χ3n) is 4.26. The highest BCUT2D eigenvalue weighted by molar-refractivity contribution is 6.42. The van der Waals surface area contributed by atoms with Gasteiger partial charge in [-0.3, -0.25) is 4.79 Å². The molecule has 3 rings (SSSR count). The second kappa shape index (κ2) is 10.1. The van der Waals surface area contributed by atoms with E-state index >= 15 is 0 Å². The molecule has 7 heteroatoms. The molecular weight excluding hydrogens is 423 g/mol. The molecule has 0 fully saturated rings. The van der Waals surface area contributed by atoms with Crippen LogP contribution in [0.25, 0.3) is 0 Å². The van der Waals surface area contributed by atoms with Gasteiger partial charge in [-0.1, -0.05) is 53.0 Å². The number of nitrogens with one attached hydrogen (secondary N) is 1. The largest absolute Gasteiger partial charge is 0.493 e. The van der Waals surface area contributed by atoms with Crippen LogP contribution in [-0.2, 0) is 6.61 Å². The van der Waals surface area contributed by atoms with Gasteiger partial charge in [-0.15, -0.1) is 0 Å². The van der Waals surface area contributed by atoms with Gasteiger partial charge in [0, 0.05) is 5.56 Å². The Morgan fingerprint density at radius 3 is 2.47 bits per heavy atom. The standard InChI is InChI=1S/C23H20Cl2N2O3/c1-15-3-5-16(6-4-15)14-30-21-10-7-17(11-22(21)29-2)13-26-27-23(28)18-8-9-19(24)20(25)12-18/h3-13H,14H2,1-2H3,(H,27,28)/b26-13-. The van der Waals surface area contributed by atoms with E-state index in [0.717, 1.165) is 11.1 Å². The maximum absolute atomic E-state index is 12.1. The van der Waals surface area contributed by atoms with Crippen molar-refractivity contribution in [1.29, 1.82) is 0 Å². The Morgan fingerprint density at radius 2 is 1.77 bits per heavy atom. The van der Waals surface area contributed by atoms with E-state index < -0.39 is 5.91 Å². The number of hydrazone groups is 1. The molecule has 0 saturated heterocycles. The third kappa shape index (κ3) is 5.75. The van der Waals surface area contributed by atoms with Crippen LogP contribution in [0.15, 0.2) is 65.8 Å². The number of amides is 1. The molecule has 30 heavy (non-hydrogen) atoms. The lowest BCUT2D eigenvalue weighted by Crippen LogP contribution is -2.17. The van der Waals surface area contributed by atoms with E-state index in [2.05, 4.69) is 10.5 Å². The quantitative estimate of drug-likeness (QED) is 0.379. The fraction of sp³-hybridized carbons (Fsp3) is 0.130. The molecule has 0 aliphatic carbocycles. The van der Waals surface area contributed by atoms with Gasteiger partial charge >= 0.3 is 0 Å². The van der Waals surface area contributed by atoms with Crippen LogP contribution in [0.4, 0.5) is 0 Å². The van der Waals surface area contributed by atoms with Crippen molar-refractivity contribution < 1.29 is 14.3 Å². The van der Waals surface area contributed by atoms with Crippen LogP contribution in [0.2, 0.25) is 10.0 Å². The molecule has 154 valence electrons. The van der Waals surface area contributed by atoms with Crippen molar-refractivity contribution in [3.8, 4) is 11.5 Å². The number of rotatable bonds is 7. The summed E-state index contributed by atoms with van der Waals surface area (Å²) in [4.78, 5) is 12.1. The Bertz CT molecular complexity index is 1070. The topological polar surface area (TPSA) is 59.9 Å². The van der Waals surface area contributed by atoms with E-state index in [1.165, 1.54) is 17.8 Å². The molecule has 5 nitrogen and oxygen atoms in total.